The summed E-state index contributed by atoms with van der Waals surface area (Å²) in [5.74, 6) is 0.922. The summed E-state index contributed by atoms with van der Waals surface area (Å²) in [7, 11) is 0. The molecule has 21 heavy (non-hydrogen) atoms. The molecule has 3 aromatic rings. The van der Waals surface area contributed by atoms with E-state index in [9.17, 15) is 0 Å². The summed E-state index contributed by atoms with van der Waals surface area (Å²) >= 11 is 1.64. The number of fused-ring (bicyclic) bond motifs is 1. The Labute approximate surface area is 128 Å². The molecule has 0 bridgehead atoms. The van der Waals surface area contributed by atoms with E-state index >= 15 is 0 Å². The van der Waals surface area contributed by atoms with Crippen molar-refractivity contribution >= 4 is 28.5 Å². The zero-order valence-corrected chi connectivity index (χ0v) is 13.0. The van der Waals surface area contributed by atoms with E-state index in [4.69, 9.17) is 0 Å². The van der Waals surface area contributed by atoms with Gasteiger partial charge in [0.25, 0.3) is 0 Å². The van der Waals surface area contributed by atoms with E-state index in [0.717, 1.165) is 39.9 Å². The highest BCUT2D eigenvalue weighted by atomic mass is 32.2. The van der Waals surface area contributed by atoms with E-state index in [0.29, 0.717) is 0 Å². The van der Waals surface area contributed by atoms with Gasteiger partial charge in [-0.3, -0.25) is 0 Å². The average molecular weight is 298 g/mol. The first-order chi connectivity index (χ1) is 10.3. The summed E-state index contributed by atoms with van der Waals surface area (Å²) in [5, 5.41) is 6.64. The van der Waals surface area contributed by atoms with E-state index in [1.54, 1.807) is 18.1 Å². The van der Waals surface area contributed by atoms with Crippen LogP contribution >= 0.6 is 11.8 Å². The van der Waals surface area contributed by atoms with Gasteiger partial charge in [-0.2, -0.15) is 0 Å². The Morgan fingerprint density at radius 1 is 1.24 bits per heavy atom. The molecule has 0 spiro atoms. The second-order valence-corrected chi connectivity index (χ2v) is 5.93. The molecule has 0 unspecified atom stereocenters. The Morgan fingerprint density at radius 3 is 2.90 bits per heavy atom. The van der Waals surface area contributed by atoms with Gasteiger partial charge in [0.05, 0.1) is 5.03 Å². The van der Waals surface area contributed by atoms with Crippen molar-refractivity contribution in [2.75, 3.05) is 11.9 Å². The fourth-order valence-electron chi connectivity index (χ4n) is 2.16. The highest BCUT2D eigenvalue weighted by Gasteiger charge is 2.09. The second kappa shape index (κ2) is 6.18. The van der Waals surface area contributed by atoms with E-state index in [2.05, 4.69) is 52.3 Å². The van der Waals surface area contributed by atoms with Crippen LogP contribution in [-0.4, -0.2) is 21.5 Å². The van der Waals surface area contributed by atoms with E-state index < -0.39 is 0 Å². The van der Waals surface area contributed by atoms with Crippen LogP contribution < -0.4 is 5.32 Å². The molecule has 108 valence electrons. The lowest BCUT2D eigenvalue weighted by Crippen LogP contribution is -2.05. The molecule has 0 fully saturated rings. The van der Waals surface area contributed by atoms with Crippen LogP contribution in [0, 0.1) is 6.92 Å². The average Bonchev–Trinajstić information content (AvgIpc) is 2.90. The lowest BCUT2D eigenvalue weighted by Gasteiger charge is -2.09. The van der Waals surface area contributed by atoms with Crippen LogP contribution in [0.25, 0.3) is 10.9 Å². The number of aromatic nitrogens is 3. The van der Waals surface area contributed by atoms with Crippen molar-refractivity contribution in [1.82, 2.24) is 15.0 Å². The second-order valence-electron chi connectivity index (χ2n) is 4.90. The molecule has 0 radical (unpaired) electrons. The number of anilines is 1. The summed E-state index contributed by atoms with van der Waals surface area (Å²) in [6.07, 6.45) is 2.70. The van der Waals surface area contributed by atoms with Gasteiger partial charge < -0.3 is 10.3 Å². The van der Waals surface area contributed by atoms with Gasteiger partial charge in [0.15, 0.2) is 0 Å². The highest BCUT2D eigenvalue weighted by molar-refractivity contribution is 7.99. The third-order valence-electron chi connectivity index (χ3n) is 3.29. The van der Waals surface area contributed by atoms with Crippen LogP contribution in [-0.2, 0) is 0 Å². The minimum absolute atomic E-state index is 0.922. The first-order valence-electron chi connectivity index (χ1n) is 7.09. The van der Waals surface area contributed by atoms with E-state index in [-0.39, 0.29) is 0 Å². The minimum Gasteiger partial charge on any atom is -0.370 e. The van der Waals surface area contributed by atoms with Crippen molar-refractivity contribution < 1.29 is 0 Å². The summed E-state index contributed by atoms with van der Waals surface area (Å²) < 4.78 is 0. The fourth-order valence-corrected chi connectivity index (χ4v) is 3.07. The molecule has 0 saturated heterocycles. The van der Waals surface area contributed by atoms with Crippen molar-refractivity contribution in [3.8, 4) is 0 Å². The van der Waals surface area contributed by atoms with Crippen molar-refractivity contribution in [3.63, 3.8) is 0 Å². The molecule has 3 rings (SSSR count). The van der Waals surface area contributed by atoms with E-state index in [1.165, 1.54) is 5.39 Å². The van der Waals surface area contributed by atoms with Crippen LogP contribution in [0.4, 0.5) is 5.82 Å². The molecular formula is C16H18N4S. The largest absolute Gasteiger partial charge is 0.370 e. The number of hydrogen-bond donors (Lipinski definition) is 2. The Bertz CT molecular complexity index is 718. The Morgan fingerprint density at radius 2 is 2.10 bits per heavy atom. The highest BCUT2D eigenvalue weighted by Crippen LogP contribution is 2.32. The summed E-state index contributed by atoms with van der Waals surface area (Å²) in [6.45, 7) is 5.13. The molecule has 2 heterocycles. The quantitative estimate of drug-likeness (QED) is 0.692. The SMILES string of the molecule is CCCNc1ncnc(Sc2cc3ccccc3[nH]2)c1C. The summed E-state index contributed by atoms with van der Waals surface area (Å²) in [6, 6.07) is 10.4. The van der Waals surface area contributed by atoms with Crippen LogP contribution in [0.1, 0.15) is 18.9 Å². The van der Waals surface area contributed by atoms with Crippen LogP contribution in [0.15, 0.2) is 46.7 Å². The maximum Gasteiger partial charge on any atom is 0.133 e. The zero-order chi connectivity index (χ0) is 14.7. The van der Waals surface area contributed by atoms with Gasteiger partial charge >= 0.3 is 0 Å². The number of H-pyrrole nitrogens is 1. The lowest BCUT2D eigenvalue weighted by molar-refractivity contribution is 0.938. The maximum atomic E-state index is 4.40. The normalized spacial score (nSPS) is 11.0. The first-order valence-corrected chi connectivity index (χ1v) is 7.90. The molecule has 4 nitrogen and oxygen atoms in total. The molecule has 0 aliphatic rings. The number of nitrogens with one attached hydrogen (secondary N) is 2. The van der Waals surface area contributed by atoms with Gasteiger partial charge in [0.1, 0.15) is 17.2 Å². The minimum atomic E-state index is 0.922. The number of para-hydroxylation sites is 1. The third-order valence-corrected chi connectivity index (χ3v) is 4.34. The fraction of sp³-hybridized carbons (Fsp3) is 0.250. The number of rotatable bonds is 5. The summed E-state index contributed by atoms with van der Waals surface area (Å²) in [5.41, 5.74) is 2.24. The molecule has 2 aromatic heterocycles. The van der Waals surface area contributed by atoms with Crippen molar-refractivity contribution in [2.45, 2.75) is 30.3 Å². The number of aromatic amines is 1. The van der Waals surface area contributed by atoms with E-state index in [1.807, 2.05) is 12.1 Å². The summed E-state index contributed by atoms with van der Waals surface area (Å²) in [4.78, 5) is 12.1. The van der Waals surface area contributed by atoms with Gasteiger partial charge in [0.2, 0.25) is 0 Å². The molecule has 0 amide bonds. The maximum absolute atomic E-state index is 4.40. The molecule has 1 aromatic carbocycles. The first kappa shape index (κ1) is 13.9. The standard InChI is InChI=1S/C16H18N4S/c1-3-8-17-15-11(2)16(19-10-18-15)21-14-9-12-6-4-5-7-13(12)20-14/h4-7,9-10,20H,3,8H2,1-2H3,(H,17,18,19). The predicted molar refractivity (Wildman–Crippen MR) is 88.0 cm³/mol. The Hall–Kier alpha value is -2.01. The van der Waals surface area contributed by atoms with Gasteiger partial charge in [0, 0.05) is 23.0 Å². The predicted octanol–water partition coefficient (Wildman–Crippen LogP) is 4.24. The molecule has 5 heteroatoms. The van der Waals surface area contributed by atoms with Crippen molar-refractivity contribution in [2.24, 2.45) is 0 Å². The van der Waals surface area contributed by atoms with Crippen LogP contribution in [0.2, 0.25) is 0 Å². The van der Waals surface area contributed by atoms with Crippen LogP contribution in [0.3, 0.4) is 0 Å². The lowest BCUT2D eigenvalue weighted by atomic mass is 10.3. The number of hydrogen-bond acceptors (Lipinski definition) is 4. The van der Waals surface area contributed by atoms with Crippen LogP contribution in [0.5, 0.6) is 0 Å². The molecular weight excluding hydrogens is 280 g/mol. The van der Waals surface area contributed by atoms with Gasteiger partial charge in [-0.25, -0.2) is 9.97 Å². The van der Waals surface area contributed by atoms with Gasteiger partial charge in [-0.15, -0.1) is 0 Å². The molecule has 0 saturated carbocycles. The monoisotopic (exact) mass is 298 g/mol. The number of nitrogens with zero attached hydrogens (tertiary/aromatic N) is 2. The molecule has 2 N–H and O–H groups in total. The number of benzene rings is 1. The Kier molecular flexibility index (Phi) is 4.10. The van der Waals surface area contributed by atoms with Crippen molar-refractivity contribution in [1.29, 1.82) is 0 Å². The molecule has 0 atom stereocenters. The van der Waals surface area contributed by atoms with Gasteiger partial charge in [-0.05, 0) is 25.5 Å². The molecule has 0 aliphatic heterocycles. The Balaban J connectivity index is 1.87. The zero-order valence-electron chi connectivity index (χ0n) is 12.2. The van der Waals surface area contributed by atoms with Crippen molar-refractivity contribution in [3.05, 3.63) is 42.2 Å². The smallest absolute Gasteiger partial charge is 0.133 e. The van der Waals surface area contributed by atoms with Gasteiger partial charge in [-0.1, -0.05) is 36.9 Å². The molecule has 0 aliphatic carbocycles. The third kappa shape index (κ3) is 3.03. The topological polar surface area (TPSA) is 53.6 Å².